The highest BCUT2D eigenvalue weighted by atomic mass is 35.5. The number of hydrogen-bond donors (Lipinski definition) is 1. The molecule has 0 spiro atoms. The predicted octanol–water partition coefficient (Wildman–Crippen LogP) is 4.13. The van der Waals surface area contributed by atoms with Crippen molar-refractivity contribution in [2.45, 2.75) is 38.8 Å². The van der Waals surface area contributed by atoms with Gasteiger partial charge < -0.3 is 19.7 Å². The minimum atomic E-state index is -0.411. The van der Waals surface area contributed by atoms with Crippen molar-refractivity contribution in [1.29, 1.82) is 0 Å². The fourth-order valence-electron chi connectivity index (χ4n) is 3.64. The van der Waals surface area contributed by atoms with Crippen molar-refractivity contribution in [2.24, 2.45) is 0 Å². The summed E-state index contributed by atoms with van der Waals surface area (Å²) in [4.78, 5) is 11.0. The van der Waals surface area contributed by atoms with E-state index in [-0.39, 0.29) is 17.8 Å². The lowest BCUT2D eigenvalue weighted by Crippen LogP contribution is -2.38. The van der Waals surface area contributed by atoms with Crippen LogP contribution in [0.1, 0.15) is 26.7 Å². The van der Waals surface area contributed by atoms with E-state index in [4.69, 9.17) is 21.1 Å². The number of halogens is 2. The van der Waals surface area contributed by atoms with Gasteiger partial charge in [0.2, 0.25) is 5.95 Å². The van der Waals surface area contributed by atoms with Gasteiger partial charge >= 0.3 is 0 Å². The van der Waals surface area contributed by atoms with E-state index < -0.39 is 5.82 Å². The summed E-state index contributed by atoms with van der Waals surface area (Å²) in [6.45, 7) is 6.77. The zero-order valence-corrected chi connectivity index (χ0v) is 16.8. The van der Waals surface area contributed by atoms with Gasteiger partial charge in [0.15, 0.2) is 11.6 Å². The van der Waals surface area contributed by atoms with Gasteiger partial charge in [0.25, 0.3) is 0 Å². The molecule has 8 heteroatoms. The number of rotatable bonds is 4. The van der Waals surface area contributed by atoms with Crippen LogP contribution in [-0.2, 0) is 4.74 Å². The van der Waals surface area contributed by atoms with Crippen LogP contribution >= 0.6 is 11.6 Å². The van der Waals surface area contributed by atoms with Gasteiger partial charge in [0, 0.05) is 30.9 Å². The number of nitrogens with one attached hydrogen (secondary N) is 1. The molecule has 0 unspecified atom stereocenters. The smallest absolute Gasteiger partial charge is 0.223 e. The quantitative estimate of drug-likeness (QED) is 0.823. The van der Waals surface area contributed by atoms with Gasteiger partial charge in [-0.3, -0.25) is 0 Å². The number of benzene rings is 1. The van der Waals surface area contributed by atoms with Crippen LogP contribution in [-0.4, -0.2) is 48.4 Å². The lowest BCUT2D eigenvalue weighted by atomic mass is 10.1. The molecule has 6 nitrogen and oxygen atoms in total. The van der Waals surface area contributed by atoms with Crippen molar-refractivity contribution in [3.63, 3.8) is 0 Å². The van der Waals surface area contributed by atoms with E-state index in [2.05, 4.69) is 34.0 Å². The topological polar surface area (TPSA) is 59.5 Å². The Bertz CT molecular complexity index is 858. The molecule has 3 heterocycles. The summed E-state index contributed by atoms with van der Waals surface area (Å²) in [6, 6.07) is 3.80. The van der Waals surface area contributed by atoms with Gasteiger partial charge in [-0.1, -0.05) is 11.6 Å². The molecule has 1 saturated heterocycles. The van der Waals surface area contributed by atoms with E-state index in [0.717, 1.165) is 31.7 Å². The van der Waals surface area contributed by atoms with Crippen LogP contribution in [0.3, 0.4) is 0 Å². The summed E-state index contributed by atoms with van der Waals surface area (Å²) in [5.74, 6) is 0.363. The first kappa shape index (κ1) is 19.2. The summed E-state index contributed by atoms with van der Waals surface area (Å²) in [7, 11) is 0. The second kappa shape index (κ2) is 8.09. The van der Waals surface area contributed by atoms with E-state index >= 15 is 0 Å². The highest BCUT2D eigenvalue weighted by molar-refractivity contribution is 6.32. The molecule has 150 valence electrons. The normalized spacial score (nSPS) is 17.4. The predicted molar refractivity (Wildman–Crippen MR) is 108 cm³/mol. The standard InChI is InChI=1S/C20H24ClFN4O2/c1-12(2)26-5-8-28-19-16(22)9-13(10-17(19)26)18-15(21)11-23-20(25-18)24-14-3-6-27-7-4-14/h9-12,14H,3-8H2,1-2H3,(H,23,24,25). The maximum absolute atomic E-state index is 14.8. The van der Waals surface area contributed by atoms with Crippen LogP contribution in [0.5, 0.6) is 5.75 Å². The molecular weight excluding hydrogens is 383 g/mol. The van der Waals surface area contributed by atoms with Crippen molar-refractivity contribution >= 4 is 23.2 Å². The summed E-state index contributed by atoms with van der Waals surface area (Å²) in [5.41, 5.74) is 1.84. The van der Waals surface area contributed by atoms with Crippen LogP contribution in [0.4, 0.5) is 16.0 Å². The summed E-state index contributed by atoms with van der Waals surface area (Å²) < 4.78 is 25.7. The highest BCUT2D eigenvalue weighted by Gasteiger charge is 2.25. The maximum atomic E-state index is 14.8. The fourth-order valence-corrected chi connectivity index (χ4v) is 3.84. The first-order valence-electron chi connectivity index (χ1n) is 9.63. The van der Waals surface area contributed by atoms with Crippen LogP contribution in [0.25, 0.3) is 11.3 Å². The lowest BCUT2D eigenvalue weighted by Gasteiger charge is -2.34. The highest BCUT2D eigenvalue weighted by Crippen LogP contribution is 2.40. The molecule has 1 aromatic carbocycles. The molecule has 0 aliphatic carbocycles. The Balaban J connectivity index is 1.69. The molecule has 2 aromatic rings. The van der Waals surface area contributed by atoms with Crippen LogP contribution in [0.15, 0.2) is 18.3 Å². The zero-order chi connectivity index (χ0) is 19.7. The van der Waals surface area contributed by atoms with E-state index in [1.54, 1.807) is 6.20 Å². The average Bonchev–Trinajstić information content (AvgIpc) is 2.69. The monoisotopic (exact) mass is 406 g/mol. The zero-order valence-electron chi connectivity index (χ0n) is 16.0. The van der Waals surface area contributed by atoms with E-state index in [9.17, 15) is 4.39 Å². The molecule has 2 aliphatic rings. The van der Waals surface area contributed by atoms with Gasteiger partial charge in [-0.05, 0) is 38.8 Å². The molecule has 1 N–H and O–H groups in total. The lowest BCUT2D eigenvalue weighted by molar-refractivity contribution is 0.0903. The van der Waals surface area contributed by atoms with Crippen LogP contribution < -0.4 is 15.0 Å². The van der Waals surface area contributed by atoms with Gasteiger partial charge in [-0.15, -0.1) is 0 Å². The second-order valence-electron chi connectivity index (χ2n) is 7.36. The van der Waals surface area contributed by atoms with Gasteiger partial charge in [0.1, 0.15) is 6.61 Å². The number of aromatic nitrogens is 2. The maximum Gasteiger partial charge on any atom is 0.223 e. The van der Waals surface area contributed by atoms with E-state index in [1.165, 1.54) is 6.07 Å². The molecule has 0 bridgehead atoms. The van der Waals surface area contributed by atoms with Crippen molar-refractivity contribution in [3.05, 3.63) is 29.2 Å². The molecule has 28 heavy (non-hydrogen) atoms. The molecule has 1 fully saturated rings. The van der Waals surface area contributed by atoms with E-state index in [1.807, 2.05) is 6.07 Å². The fraction of sp³-hybridized carbons (Fsp3) is 0.500. The molecular formula is C20H24ClFN4O2. The second-order valence-corrected chi connectivity index (χ2v) is 7.77. The Morgan fingerprint density at radius 3 is 2.79 bits per heavy atom. The van der Waals surface area contributed by atoms with Gasteiger partial charge in [-0.2, -0.15) is 0 Å². The Morgan fingerprint density at radius 2 is 2.04 bits per heavy atom. The first-order chi connectivity index (χ1) is 13.5. The van der Waals surface area contributed by atoms with Crippen LogP contribution in [0.2, 0.25) is 5.02 Å². The Morgan fingerprint density at radius 1 is 1.25 bits per heavy atom. The third-order valence-corrected chi connectivity index (χ3v) is 5.38. The third kappa shape index (κ3) is 3.86. The molecule has 0 saturated carbocycles. The third-order valence-electron chi connectivity index (χ3n) is 5.11. The van der Waals surface area contributed by atoms with Crippen molar-refractivity contribution in [2.75, 3.05) is 36.6 Å². The Kier molecular flexibility index (Phi) is 5.55. The largest absolute Gasteiger partial charge is 0.486 e. The number of hydrogen-bond acceptors (Lipinski definition) is 6. The molecule has 1 aromatic heterocycles. The first-order valence-corrected chi connectivity index (χ1v) is 10.0. The minimum absolute atomic E-state index is 0.226. The van der Waals surface area contributed by atoms with Gasteiger partial charge in [0.05, 0.1) is 29.1 Å². The van der Waals surface area contributed by atoms with E-state index in [0.29, 0.717) is 35.4 Å². The summed E-state index contributed by atoms with van der Waals surface area (Å²) in [6.07, 6.45) is 3.35. The number of nitrogens with zero attached hydrogens (tertiary/aromatic N) is 3. The molecule has 0 atom stereocenters. The summed E-state index contributed by atoms with van der Waals surface area (Å²) >= 11 is 6.37. The number of ether oxygens (including phenoxy) is 2. The van der Waals surface area contributed by atoms with Crippen molar-refractivity contribution < 1.29 is 13.9 Å². The molecule has 2 aliphatic heterocycles. The SMILES string of the molecule is CC(C)N1CCOc2c(F)cc(-c3nc(NC4CCOCC4)ncc3Cl)cc21. The molecule has 0 radical (unpaired) electrons. The molecule has 0 amide bonds. The van der Waals surface area contributed by atoms with Crippen molar-refractivity contribution in [3.8, 4) is 17.0 Å². The Labute approximate surface area is 169 Å². The Hall–Kier alpha value is -2.12. The summed E-state index contributed by atoms with van der Waals surface area (Å²) in [5, 5.41) is 3.71. The van der Waals surface area contributed by atoms with Gasteiger partial charge in [-0.25, -0.2) is 14.4 Å². The average molecular weight is 407 g/mol. The minimum Gasteiger partial charge on any atom is -0.486 e. The molecule has 4 rings (SSSR count). The van der Waals surface area contributed by atoms with Crippen LogP contribution in [0, 0.1) is 5.82 Å². The van der Waals surface area contributed by atoms with Crippen molar-refractivity contribution in [1.82, 2.24) is 9.97 Å². The number of anilines is 2. The number of fused-ring (bicyclic) bond motifs is 1.